The van der Waals surface area contributed by atoms with Gasteiger partial charge in [0.15, 0.2) is 0 Å². The van der Waals surface area contributed by atoms with Gasteiger partial charge < -0.3 is 10.8 Å². The summed E-state index contributed by atoms with van der Waals surface area (Å²) >= 11 is 0. The highest BCUT2D eigenvalue weighted by atomic mass is 16.4. The number of hydrogen-bond acceptors (Lipinski definition) is 4. The highest BCUT2D eigenvalue weighted by Gasteiger charge is 2.09. The molecule has 2 heterocycles. The maximum Gasteiger partial charge on any atom is 0.335 e. The van der Waals surface area contributed by atoms with Crippen LogP contribution in [0, 0.1) is 0 Å². The van der Waals surface area contributed by atoms with Crippen LogP contribution in [0.1, 0.15) is 10.4 Å². The maximum atomic E-state index is 10.9. The molecule has 3 N–H and O–H groups in total. The topological polar surface area (TPSA) is 93.5 Å². The Labute approximate surface area is 95.3 Å². The molecule has 0 fully saturated rings. The first kappa shape index (κ1) is 9.59. The van der Waals surface area contributed by atoms with Gasteiger partial charge in [-0.1, -0.05) is 0 Å². The lowest BCUT2D eigenvalue weighted by molar-refractivity contribution is 0.0697. The molecule has 0 amide bonds. The molecule has 0 saturated heterocycles. The van der Waals surface area contributed by atoms with E-state index in [4.69, 9.17) is 10.8 Å². The lowest BCUT2D eigenvalue weighted by Crippen LogP contribution is -2.01. The summed E-state index contributed by atoms with van der Waals surface area (Å²) in [5, 5.41) is 9.67. The average Bonchev–Trinajstić information content (AvgIpc) is 2.78. The van der Waals surface area contributed by atoms with E-state index in [-0.39, 0.29) is 5.56 Å². The molecule has 0 radical (unpaired) electrons. The van der Waals surface area contributed by atoms with Crippen LogP contribution >= 0.6 is 0 Å². The minimum atomic E-state index is -0.971. The van der Waals surface area contributed by atoms with E-state index in [2.05, 4.69) is 9.97 Å². The normalized spacial score (nSPS) is 11.1. The Kier molecular flexibility index (Phi) is 1.79. The number of nitrogen functional groups attached to an aromatic ring is 1. The van der Waals surface area contributed by atoms with Crippen molar-refractivity contribution in [2.75, 3.05) is 5.73 Å². The van der Waals surface area contributed by atoms with Crippen LogP contribution in [0.2, 0.25) is 0 Å². The van der Waals surface area contributed by atoms with Crippen molar-refractivity contribution in [2.24, 2.45) is 0 Å². The van der Waals surface area contributed by atoms with E-state index >= 15 is 0 Å². The van der Waals surface area contributed by atoms with Crippen molar-refractivity contribution >= 4 is 28.3 Å². The molecule has 0 saturated carbocycles. The zero-order chi connectivity index (χ0) is 12.0. The smallest absolute Gasteiger partial charge is 0.335 e. The van der Waals surface area contributed by atoms with Crippen LogP contribution in [0.3, 0.4) is 0 Å². The van der Waals surface area contributed by atoms with Gasteiger partial charge in [-0.15, -0.1) is 0 Å². The number of anilines is 1. The van der Waals surface area contributed by atoms with Crippen LogP contribution < -0.4 is 5.73 Å². The van der Waals surface area contributed by atoms with Crippen LogP contribution in [0.5, 0.6) is 0 Å². The van der Waals surface area contributed by atoms with Gasteiger partial charge in [0.25, 0.3) is 0 Å². The third-order valence-corrected chi connectivity index (χ3v) is 2.64. The van der Waals surface area contributed by atoms with Gasteiger partial charge >= 0.3 is 5.97 Å². The van der Waals surface area contributed by atoms with Crippen LogP contribution in [0.4, 0.5) is 5.95 Å². The highest BCUT2D eigenvalue weighted by molar-refractivity contribution is 5.99. The summed E-state index contributed by atoms with van der Waals surface area (Å²) in [7, 11) is 0. The second kappa shape index (κ2) is 3.18. The standard InChI is InChI=1S/C11H8N4O2/c12-11-14-8-2-1-6(10(16)17)3-7(8)9-4-13-5-15(9)11/h1-5H,(H2,12,14)(H,16,17). The first-order chi connectivity index (χ1) is 8.16. The fourth-order valence-corrected chi connectivity index (χ4v) is 1.83. The van der Waals surface area contributed by atoms with Crippen LogP contribution in [-0.2, 0) is 0 Å². The number of hydrogen-bond donors (Lipinski definition) is 2. The van der Waals surface area contributed by atoms with E-state index in [0.29, 0.717) is 11.5 Å². The van der Waals surface area contributed by atoms with E-state index in [1.165, 1.54) is 6.07 Å². The lowest BCUT2D eigenvalue weighted by Gasteiger charge is -2.04. The van der Waals surface area contributed by atoms with Gasteiger partial charge in [-0.3, -0.25) is 4.40 Å². The first-order valence-corrected chi connectivity index (χ1v) is 4.91. The number of carboxylic acids is 1. The maximum absolute atomic E-state index is 10.9. The van der Waals surface area contributed by atoms with E-state index in [9.17, 15) is 4.79 Å². The predicted octanol–water partition coefficient (Wildman–Crippen LogP) is 1.16. The van der Waals surface area contributed by atoms with Crippen molar-refractivity contribution in [3.05, 3.63) is 36.3 Å². The second-order valence-corrected chi connectivity index (χ2v) is 3.66. The quantitative estimate of drug-likeness (QED) is 0.651. The molecular formula is C11H8N4O2. The molecule has 0 aliphatic rings. The molecule has 0 spiro atoms. The molecule has 17 heavy (non-hydrogen) atoms. The van der Waals surface area contributed by atoms with Gasteiger partial charge in [0, 0.05) is 5.39 Å². The van der Waals surface area contributed by atoms with Gasteiger partial charge in [0.05, 0.1) is 22.8 Å². The molecule has 84 valence electrons. The van der Waals surface area contributed by atoms with Crippen molar-refractivity contribution in [2.45, 2.75) is 0 Å². The van der Waals surface area contributed by atoms with E-state index in [1.54, 1.807) is 29.1 Å². The number of aromatic carboxylic acids is 1. The third kappa shape index (κ3) is 1.31. The Hall–Kier alpha value is -2.63. The van der Waals surface area contributed by atoms with Crippen molar-refractivity contribution in [3.63, 3.8) is 0 Å². The van der Waals surface area contributed by atoms with Crippen molar-refractivity contribution in [1.82, 2.24) is 14.4 Å². The molecule has 3 aromatic rings. The summed E-state index contributed by atoms with van der Waals surface area (Å²) < 4.78 is 1.62. The van der Waals surface area contributed by atoms with Gasteiger partial charge in [-0.2, -0.15) is 0 Å². The zero-order valence-corrected chi connectivity index (χ0v) is 8.66. The third-order valence-electron chi connectivity index (χ3n) is 2.64. The van der Waals surface area contributed by atoms with Crippen LogP contribution in [-0.4, -0.2) is 25.4 Å². The molecule has 0 aliphatic heterocycles. The molecule has 6 heteroatoms. The fourth-order valence-electron chi connectivity index (χ4n) is 1.83. The van der Waals surface area contributed by atoms with Gasteiger partial charge in [0.2, 0.25) is 5.95 Å². The summed E-state index contributed by atoms with van der Waals surface area (Å²) in [5.74, 6) is -0.644. The number of nitrogens with two attached hydrogens (primary N) is 1. The molecule has 2 aromatic heterocycles. The summed E-state index contributed by atoms with van der Waals surface area (Å²) in [4.78, 5) is 19.1. The summed E-state index contributed by atoms with van der Waals surface area (Å²) in [5.41, 5.74) is 7.37. The highest BCUT2D eigenvalue weighted by Crippen LogP contribution is 2.21. The Balaban J connectivity index is 2.48. The monoisotopic (exact) mass is 228 g/mol. The van der Waals surface area contributed by atoms with Gasteiger partial charge in [0.1, 0.15) is 6.33 Å². The lowest BCUT2D eigenvalue weighted by atomic mass is 10.1. The van der Waals surface area contributed by atoms with E-state index in [1.807, 2.05) is 0 Å². The molecule has 0 aliphatic carbocycles. The minimum absolute atomic E-state index is 0.215. The number of fused-ring (bicyclic) bond motifs is 3. The summed E-state index contributed by atoms with van der Waals surface area (Å²) in [6, 6.07) is 4.72. The number of aromatic nitrogens is 3. The van der Waals surface area contributed by atoms with E-state index < -0.39 is 5.97 Å². The summed E-state index contributed by atoms with van der Waals surface area (Å²) in [6.07, 6.45) is 3.18. The predicted molar refractivity (Wildman–Crippen MR) is 61.9 cm³/mol. The zero-order valence-electron chi connectivity index (χ0n) is 8.66. The molecule has 0 atom stereocenters. The molecule has 1 aromatic carbocycles. The number of nitrogens with zero attached hydrogens (tertiary/aromatic N) is 3. The SMILES string of the molecule is Nc1nc2ccc(C(=O)O)cc2c2cncn12. The average molecular weight is 228 g/mol. The van der Waals surface area contributed by atoms with Crippen LogP contribution in [0.15, 0.2) is 30.7 Å². The second-order valence-electron chi connectivity index (χ2n) is 3.66. The first-order valence-electron chi connectivity index (χ1n) is 4.91. The number of rotatable bonds is 1. The fraction of sp³-hybridized carbons (Fsp3) is 0. The Morgan fingerprint density at radius 1 is 1.41 bits per heavy atom. The largest absolute Gasteiger partial charge is 0.478 e. The van der Waals surface area contributed by atoms with Crippen LogP contribution in [0.25, 0.3) is 16.4 Å². The molecule has 3 rings (SSSR count). The Bertz CT molecular complexity index is 748. The van der Waals surface area contributed by atoms with Crippen molar-refractivity contribution < 1.29 is 9.90 Å². The molecular weight excluding hydrogens is 220 g/mol. The molecule has 6 nitrogen and oxygen atoms in total. The summed E-state index contributed by atoms with van der Waals surface area (Å²) in [6.45, 7) is 0. The van der Waals surface area contributed by atoms with Gasteiger partial charge in [-0.05, 0) is 18.2 Å². The van der Waals surface area contributed by atoms with Crippen molar-refractivity contribution in [1.29, 1.82) is 0 Å². The van der Waals surface area contributed by atoms with Gasteiger partial charge in [-0.25, -0.2) is 14.8 Å². The Morgan fingerprint density at radius 3 is 3.00 bits per heavy atom. The molecule has 0 unspecified atom stereocenters. The van der Waals surface area contributed by atoms with E-state index in [0.717, 1.165) is 10.9 Å². The number of imidazole rings is 1. The minimum Gasteiger partial charge on any atom is -0.478 e. The number of carbonyl (C=O) groups is 1. The Morgan fingerprint density at radius 2 is 2.24 bits per heavy atom. The molecule has 0 bridgehead atoms. The number of carboxylic acid groups (broad SMARTS) is 1. The van der Waals surface area contributed by atoms with Crippen molar-refractivity contribution in [3.8, 4) is 0 Å². The number of benzene rings is 1.